The highest BCUT2D eigenvalue weighted by Gasteiger charge is 2.27. The van der Waals surface area contributed by atoms with Gasteiger partial charge in [0.1, 0.15) is 11.4 Å². The zero-order valence-corrected chi connectivity index (χ0v) is 19.8. The molecule has 34 heavy (non-hydrogen) atoms. The van der Waals surface area contributed by atoms with Crippen LogP contribution in [0.1, 0.15) is 21.5 Å². The van der Waals surface area contributed by atoms with Gasteiger partial charge in [-0.25, -0.2) is 4.39 Å². The van der Waals surface area contributed by atoms with E-state index in [1.807, 2.05) is 9.80 Å². The Morgan fingerprint density at radius 3 is 2.65 bits per heavy atom. The van der Waals surface area contributed by atoms with Crippen molar-refractivity contribution in [2.24, 2.45) is 0 Å². The smallest absolute Gasteiger partial charge is 0.253 e. The molecule has 0 unspecified atom stereocenters. The minimum Gasteiger partial charge on any atom is -0.440 e. The second kappa shape index (κ2) is 8.92. The number of amides is 1. The van der Waals surface area contributed by atoms with Crippen LogP contribution < -0.4 is 15.2 Å². The minimum absolute atomic E-state index is 0.217. The van der Waals surface area contributed by atoms with Crippen LogP contribution >= 0.6 is 11.6 Å². The maximum absolute atomic E-state index is 14.4. The number of hydrogen-bond donors (Lipinski definition) is 0. The van der Waals surface area contributed by atoms with Gasteiger partial charge in [0, 0.05) is 63.0 Å². The summed E-state index contributed by atoms with van der Waals surface area (Å²) < 4.78 is 26.1. The Labute approximate surface area is 201 Å². The number of hydrogen-bond acceptors (Lipinski definition) is 6. The zero-order valence-electron chi connectivity index (χ0n) is 19.1. The van der Waals surface area contributed by atoms with Crippen molar-refractivity contribution in [1.82, 2.24) is 4.90 Å². The van der Waals surface area contributed by atoms with Gasteiger partial charge >= 0.3 is 0 Å². The van der Waals surface area contributed by atoms with Gasteiger partial charge in [0.05, 0.1) is 29.3 Å². The zero-order chi connectivity index (χ0) is 24.0. The summed E-state index contributed by atoms with van der Waals surface area (Å²) in [5.74, 6) is -0.0326. The molecule has 0 spiro atoms. The molecule has 3 aromatic rings. The van der Waals surface area contributed by atoms with Gasteiger partial charge in [-0.1, -0.05) is 11.6 Å². The summed E-state index contributed by atoms with van der Waals surface area (Å²) in [5.41, 5.74) is 2.49. The van der Waals surface area contributed by atoms with Crippen molar-refractivity contribution in [2.75, 3.05) is 56.7 Å². The number of morpholine rings is 1. The normalized spacial score (nSPS) is 15.6. The highest BCUT2D eigenvalue weighted by Crippen LogP contribution is 2.38. The van der Waals surface area contributed by atoms with Crippen LogP contribution in [-0.4, -0.2) is 57.8 Å². The highest BCUT2D eigenvalue weighted by atomic mass is 35.5. The molecule has 9 heteroatoms. The van der Waals surface area contributed by atoms with Crippen molar-refractivity contribution < 1.29 is 18.3 Å². The van der Waals surface area contributed by atoms with Crippen LogP contribution in [0.3, 0.4) is 0 Å². The Bertz CT molecular complexity index is 1330. The average Bonchev–Trinajstić information content (AvgIpc) is 3.26. The number of anilines is 2. The number of benzene rings is 2. The summed E-state index contributed by atoms with van der Waals surface area (Å²) in [6, 6.07) is 7.74. The van der Waals surface area contributed by atoms with Crippen molar-refractivity contribution >= 4 is 40.0 Å². The Hall–Kier alpha value is -3.10. The SMILES string of the molecule is CN(C)C(=O)c1cc(CN2CCc3c(F)ccc(Cl)c32)c2oc(N3CCOCC3)cc(=O)c2c1. The number of halogens is 2. The first-order valence-electron chi connectivity index (χ1n) is 11.2. The van der Waals surface area contributed by atoms with Crippen LogP contribution in [0.2, 0.25) is 5.02 Å². The van der Waals surface area contributed by atoms with Gasteiger partial charge in [-0.15, -0.1) is 0 Å². The van der Waals surface area contributed by atoms with Crippen molar-refractivity contribution in [1.29, 1.82) is 0 Å². The number of carbonyl (C=O) groups excluding carboxylic acids is 1. The lowest BCUT2D eigenvalue weighted by atomic mass is 10.0. The molecule has 2 aliphatic heterocycles. The van der Waals surface area contributed by atoms with Gasteiger partial charge in [0.15, 0.2) is 11.3 Å². The molecule has 0 aliphatic carbocycles. The van der Waals surface area contributed by atoms with E-state index in [2.05, 4.69) is 0 Å². The average molecular weight is 486 g/mol. The van der Waals surface area contributed by atoms with Gasteiger partial charge in [-0.05, 0) is 30.7 Å². The van der Waals surface area contributed by atoms with Crippen molar-refractivity contribution in [3.8, 4) is 0 Å². The van der Waals surface area contributed by atoms with E-state index in [1.54, 1.807) is 32.3 Å². The first kappa shape index (κ1) is 22.7. The predicted octanol–water partition coefficient (Wildman–Crippen LogP) is 3.69. The molecule has 0 radical (unpaired) electrons. The molecule has 0 saturated carbocycles. The second-order valence-corrected chi connectivity index (χ2v) is 9.20. The lowest BCUT2D eigenvalue weighted by molar-refractivity contribution is 0.0827. The molecule has 0 bridgehead atoms. The van der Waals surface area contributed by atoms with E-state index in [0.29, 0.717) is 90.1 Å². The topological polar surface area (TPSA) is 66.2 Å². The Kier molecular flexibility index (Phi) is 5.95. The predicted molar refractivity (Wildman–Crippen MR) is 130 cm³/mol. The van der Waals surface area contributed by atoms with E-state index >= 15 is 0 Å². The quantitative estimate of drug-likeness (QED) is 0.561. The maximum atomic E-state index is 14.4. The Morgan fingerprint density at radius 2 is 1.91 bits per heavy atom. The summed E-state index contributed by atoms with van der Waals surface area (Å²) in [6.45, 7) is 3.23. The van der Waals surface area contributed by atoms with Gasteiger partial charge in [-0.2, -0.15) is 0 Å². The summed E-state index contributed by atoms with van der Waals surface area (Å²) in [4.78, 5) is 31.3. The molecule has 7 nitrogen and oxygen atoms in total. The third-order valence-electron chi connectivity index (χ3n) is 6.35. The lowest BCUT2D eigenvalue weighted by Crippen LogP contribution is -2.36. The van der Waals surface area contributed by atoms with E-state index in [1.165, 1.54) is 17.0 Å². The van der Waals surface area contributed by atoms with Crippen LogP contribution in [0, 0.1) is 5.82 Å². The summed E-state index contributed by atoms with van der Waals surface area (Å²) >= 11 is 6.44. The molecule has 5 rings (SSSR count). The summed E-state index contributed by atoms with van der Waals surface area (Å²) in [5, 5.41) is 0.804. The highest BCUT2D eigenvalue weighted by molar-refractivity contribution is 6.33. The van der Waals surface area contributed by atoms with E-state index < -0.39 is 0 Å². The molecular formula is C25H25ClFN3O4. The molecule has 0 N–H and O–H groups in total. The number of nitrogens with zero attached hydrogens (tertiary/aromatic N) is 3. The fraction of sp³-hybridized carbons (Fsp3) is 0.360. The number of rotatable bonds is 4. The molecule has 1 fully saturated rings. The van der Waals surface area contributed by atoms with Gasteiger partial charge in [0.2, 0.25) is 0 Å². The molecule has 3 heterocycles. The lowest BCUT2D eigenvalue weighted by Gasteiger charge is -2.27. The molecule has 2 aromatic carbocycles. The van der Waals surface area contributed by atoms with Gasteiger partial charge in [0.25, 0.3) is 5.91 Å². The first-order chi connectivity index (χ1) is 16.3. The number of ether oxygens (including phenoxy) is 1. The summed E-state index contributed by atoms with van der Waals surface area (Å²) in [7, 11) is 3.32. The second-order valence-electron chi connectivity index (χ2n) is 8.79. The largest absolute Gasteiger partial charge is 0.440 e. The van der Waals surface area contributed by atoms with E-state index in [9.17, 15) is 14.0 Å². The van der Waals surface area contributed by atoms with Crippen molar-refractivity contribution in [3.63, 3.8) is 0 Å². The molecule has 2 aliphatic rings. The maximum Gasteiger partial charge on any atom is 0.253 e. The fourth-order valence-corrected chi connectivity index (χ4v) is 4.94. The Morgan fingerprint density at radius 1 is 1.15 bits per heavy atom. The molecular weight excluding hydrogens is 461 g/mol. The minimum atomic E-state index is -0.288. The van der Waals surface area contributed by atoms with Crippen LogP contribution in [0.5, 0.6) is 0 Å². The van der Waals surface area contributed by atoms with Crippen LogP contribution in [0.25, 0.3) is 11.0 Å². The Balaban J connectivity index is 1.64. The monoisotopic (exact) mass is 485 g/mol. The molecule has 1 saturated heterocycles. The van der Waals surface area contributed by atoms with Gasteiger partial charge in [-0.3, -0.25) is 9.59 Å². The number of carbonyl (C=O) groups is 1. The van der Waals surface area contributed by atoms with Crippen LogP contribution in [0.4, 0.5) is 16.0 Å². The first-order valence-corrected chi connectivity index (χ1v) is 11.6. The van der Waals surface area contributed by atoms with E-state index in [-0.39, 0.29) is 17.2 Å². The third-order valence-corrected chi connectivity index (χ3v) is 6.66. The van der Waals surface area contributed by atoms with E-state index in [0.717, 1.165) is 0 Å². The van der Waals surface area contributed by atoms with Gasteiger partial charge < -0.3 is 23.9 Å². The molecule has 1 amide bonds. The summed E-state index contributed by atoms with van der Waals surface area (Å²) in [6.07, 6.45) is 0.527. The standard InChI is InChI=1S/C25H25ClFN3O4/c1-28(2)25(32)15-11-16(14-30-6-5-17-20(27)4-3-19(26)23(17)30)24-18(12-15)21(31)13-22(34-24)29-7-9-33-10-8-29/h3-4,11-13H,5-10,14H2,1-2H3. The van der Waals surface area contributed by atoms with Crippen LogP contribution in [-0.2, 0) is 17.7 Å². The van der Waals surface area contributed by atoms with Crippen molar-refractivity contribution in [2.45, 2.75) is 13.0 Å². The fourth-order valence-electron chi connectivity index (χ4n) is 4.64. The van der Waals surface area contributed by atoms with Crippen molar-refractivity contribution in [3.05, 3.63) is 68.1 Å². The molecule has 1 aromatic heterocycles. The number of fused-ring (bicyclic) bond motifs is 2. The van der Waals surface area contributed by atoms with E-state index in [4.69, 9.17) is 20.8 Å². The van der Waals surface area contributed by atoms with Crippen LogP contribution in [0.15, 0.2) is 39.5 Å². The third kappa shape index (κ3) is 4.01. The molecule has 0 atom stereocenters. The molecule has 178 valence electrons.